The Morgan fingerprint density at radius 2 is 2.11 bits per heavy atom. The van der Waals surface area contributed by atoms with Crippen LogP contribution in [0.2, 0.25) is 0 Å². The second kappa shape index (κ2) is 5.30. The topological polar surface area (TPSA) is 52.3 Å². The van der Waals surface area contributed by atoms with Gasteiger partial charge in [0.25, 0.3) is 0 Å². The van der Waals surface area contributed by atoms with E-state index in [1.54, 1.807) is 0 Å². The fourth-order valence-electron chi connectivity index (χ4n) is 3.73. The van der Waals surface area contributed by atoms with Crippen LogP contribution in [0.3, 0.4) is 0 Å². The third-order valence-electron chi connectivity index (χ3n) is 4.71. The zero-order valence-corrected chi connectivity index (χ0v) is 11.8. The molecule has 18 heavy (non-hydrogen) atoms. The van der Waals surface area contributed by atoms with E-state index in [0.29, 0.717) is 0 Å². The largest absolute Gasteiger partial charge is 0.375 e. The number of ketones is 1. The molecule has 1 saturated heterocycles. The molecule has 104 valence electrons. The van der Waals surface area contributed by atoms with Gasteiger partial charge in [-0.15, -0.1) is 0 Å². The Bertz CT molecular complexity index is 306. The highest BCUT2D eigenvalue weighted by Gasteiger charge is 2.44. The minimum atomic E-state index is -0.642. The lowest BCUT2D eigenvalue weighted by molar-refractivity contribution is -0.141. The van der Waals surface area contributed by atoms with Crippen LogP contribution in [0.25, 0.3) is 0 Å². The van der Waals surface area contributed by atoms with Crippen LogP contribution >= 0.6 is 0 Å². The fourth-order valence-corrected chi connectivity index (χ4v) is 3.73. The number of nitrogens with two attached hydrogens (primary N) is 1. The van der Waals surface area contributed by atoms with E-state index in [2.05, 4.69) is 6.92 Å². The van der Waals surface area contributed by atoms with E-state index >= 15 is 0 Å². The van der Waals surface area contributed by atoms with Crippen LogP contribution in [0.5, 0.6) is 0 Å². The van der Waals surface area contributed by atoms with Gasteiger partial charge < -0.3 is 10.5 Å². The van der Waals surface area contributed by atoms with Crippen LogP contribution in [0.4, 0.5) is 0 Å². The van der Waals surface area contributed by atoms with Crippen molar-refractivity contribution in [2.75, 3.05) is 6.61 Å². The highest BCUT2D eigenvalue weighted by molar-refractivity contribution is 5.90. The van der Waals surface area contributed by atoms with Gasteiger partial charge in [0.15, 0.2) is 5.78 Å². The molecule has 1 aliphatic carbocycles. The lowest BCUT2D eigenvalue weighted by atomic mass is 9.76. The molecule has 0 aromatic rings. The van der Waals surface area contributed by atoms with Crippen molar-refractivity contribution in [2.45, 2.75) is 76.4 Å². The molecular weight excluding hydrogens is 226 g/mol. The number of carbonyl (C=O) groups excluding carboxylic acids is 1. The molecule has 1 aliphatic heterocycles. The van der Waals surface area contributed by atoms with Gasteiger partial charge in [0, 0.05) is 12.5 Å². The van der Waals surface area contributed by atoms with Crippen molar-refractivity contribution in [1.29, 1.82) is 0 Å². The standard InChI is InChI=1S/C15H27NO2/c1-3-7-14(2,16)13(17)12-6-10-18-15(11-12)8-4-5-9-15/h12H,3-11,16H2,1-2H3. The molecule has 0 bridgehead atoms. The van der Waals surface area contributed by atoms with Crippen molar-refractivity contribution >= 4 is 5.78 Å². The summed E-state index contributed by atoms with van der Waals surface area (Å²) in [5, 5.41) is 0. The first-order valence-electron chi connectivity index (χ1n) is 7.46. The Morgan fingerprint density at radius 3 is 2.72 bits per heavy atom. The quantitative estimate of drug-likeness (QED) is 0.838. The third kappa shape index (κ3) is 2.77. The Morgan fingerprint density at radius 1 is 1.44 bits per heavy atom. The summed E-state index contributed by atoms with van der Waals surface area (Å²) in [6.07, 6.45) is 8.27. The number of hydrogen-bond donors (Lipinski definition) is 1. The maximum atomic E-state index is 12.6. The number of carbonyl (C=O) groups is 1. The molecule has 1 spiro atoms. The van der Waals surface area contributed by atoms with Crippen LogP contribution in [0.1, 0.15) is 65.2 Å². The number of ether oxygens (including phenoxy) is 1. The summed E-state index contributed by atoms with van der Waals surface area (Å²) in [6, 6.07) is 0. The fraction of sp³-hybridized carbons (Fsp3) is 0.933. The van der Waals surface area contributed by atoms with Crippen molar-refractivity contribution in [3.8, 4) is 0 Å². The molecule has 0 amide bonds. The number of hydrogen-bond acceptors (Lipinski definition) is 3. The average Bonchev–Trinajstić information content (AvgIpc) is 2.76. The number of Topliss-reactive ketones (excluding diaryl/α,β-unsaturated/α-hetero) is 1. The van der Waals surface area contributed by atoms with E-state index in [4.69, 9.17) is 10.5 Å². The van der Waals surface area contributed by atoms with Gasteiger partial charge in [-0.3, -0.25) is 4.79 Å². The molecule has 2 rings (SSSR count). The van der Waals surface area contributed by atoms with Crippen molar-refractivity contribution in [3.05, 3.63) is 0 Å². The van der Waals surface area contributed by atoms with Crippen LogP contribution in [0.15, 0.2) is 0 Å². The zero-order chi connectivity index (χ0) is 13.2. The van der Waals surface area contributed by atoms with Gasteiger partial charge in [-0.2, -0.15) is 0 Å². The molecule has 2 atom stereocenters. The first-order chi connectivity index (χ1) is 8.49. The molecule has 2 aliphatic rings. The van der Waals surface area contributed by atoms with Crippen LogP contribution in [0, 0.1) is 5.92 Å². The summed E-state index contributed by atoms with van der Waals surface area (Å²) < 4.78 is 5.99. The highest BCUT2D eigenvalue weighted by atomic mass is 16.5. The maximum absolute atomic E-state index is 12.6. The number of rotatable bonds is 4. The summed E-state index contributed by atoms with van der Waals surface area (Å²) in [7, 11) is 0. The second-order valence-corrected chi connectivity index (χ2v) is 6.46. The Balaban J connectivity index is 2.02. The molecule has 0 aromatic carbocycles. The Hall–Kier alpha value is -0.410. The molecule has 3 nitrogen and oxygen atoms in total. The highest BCUT2D eigenvalue weighted by Crippen LogP contribution is 2.43. The minimum Gasteiger partial charge on any atom is -0.375 e. The Kier molecular flexibility index (Phi) is 4.12. The summed E-state index contributed by atoms with van der Waals surface area (Å²) in [5.74, 6) is 0.386. The molecular formula is C15H27NO2. The van der Waals surface area contributed by atoms with Gasteiger partial charge in [-0.1, -0.05) is 26.2 Å². The summed E-state index contributed by atoms with van der Waals surface area (Å²) in [5.41, 5.74) is 5.57. The van der Waals surface area contributed by atoms with Crippen LogP contribution in [-0.4, -0.2) is 23.5 Å². The molecule has 2 fully saturated rings. The summed E-state index contributed by atoms with van der Waals surface area (Å²) in [4.78, 5) is 12.6. The van der Waals surface area contributed by atoms with Crippen LogP contribution < -0.4 is 5.73 Å². The summed E-state index contributed by atoms with van der Waals surface area (Å²) in [6.45, 7) is 4.72. The van der Waals surface area contributed by atoms with E-state index < -0.39 is 5.54 Å². The SMILES string of the molecule is CCCC(C)(N)C(=O)C1CCOC2(CCCC2)C1. The molecule has 1 heterocycles. The monoisotopic (exact) mass is 253 g/mol. The van der Waals surface area contributed by atoms with Gasteiger partial charge in [0.1, 0.15) is 0 Å². The Labute approximate surface area is 110 Å². The summed E-state index contributed by atoms with van der Waals surface area (Å²) >= 11 is 0. The van der Waals surface area contributed by atoms with Crippen LogP contribution in [-0.2, 0) is 9.53 Å². The predicted molar refractivity (Wildman–Crippen MR) is 72.4 cm³/mol. The lowest BCUT2D eigenvalue weighted by Crippen LogP contribution is -2.51. The predicted octanol–water partition coefficient (Wildman–Crippen LogP) is 2.81. The third-order valence-corrected chi connectivity index (χ3v) is 4.71. The second-order valence-electron chi connectivity index (χ2n) is 6.46. The van der Waals surface area contributed by atoms with Crippen molar-refractivity contribution < 1.29 is 9.53 Å². The smallest absolute Gasteiger partial charge is 0.155 e. The minimum absolute atomic E-state index is 0.0148. The molecule has 2 unspecified atom stereocenters. The van der Waals surface area contributed by atoms with E-state index in [0.717, 1.165) is 45.1 Å². The van der Waals surface area contributed by atoms with E-state index in [1.807, 2.05) is 6.92 Å². The molecule has 1 saturated carbocycles. The first kappa shape index (κ1) is 14.0. The van der Waals surface area contributed by atoms with Gasteiger partial charge in [0.05, 0.1) is 11.1 Å². The zero-order valence-electron chi connectivity index (χ0n) is 11.8. The lowest BCUT2D eigenvalue weighted by Gasteiger charge is -2.40. The molecule has 0 radical (unpaired) electrons. The van der Waals surface area contributed by atoms with E-state index in [1.165, 1.54) is 12.8 Å². The van der Waals surface area contributed by atoms with Gasteiger partial charge >= 0.3 is 0 Å². The van der Waals surface area contributed by atoms with Gasteiger partial charge in [-0.05, 0) is 39.0 Å². The van der Waals surface area contributed by atoms with Crippen molar-refractivity contribution in [3.63, 3.8) is 0 Å². The van der Waals surface area contributed by atoms with E-state index in [9.17, 15) is 4.79 Å². The van der Waals surface area contributed by atoms with Crippen molar-refractivity contribution in [1.82, 2.24) is 0 Å². The normalized spacial score (nSPS) is 30.3. The molecule has 2 N–H and O–H groups in total. The first-order valence-corrected chi connectivity index (χ1v) is 7.46. The van der Waals surface area contributed by atoms with E-state index in [-0.39, 0.29) is 17.3 Å². The average molecular weight is 253 g/mol. The van der Waals surface area contributed by atoms with Crippen molar-refractivity contribution in [2.24, 2.45) is 11.7 Å². The maximum Gasteiger partial charge on any atom is 0.155 e. The van der Waals surface area contributed by atoms with Gasteiger partial charge in [0.2, 0.25) is 0 Å². The van der Waals surface area contributed by atoms with Gasteiger partial charge in [-0.25, -0.2) is 0 Å². The molecule has 0 aromatic heterocycles. The molecule has 3 heteroatoms.